The Bertz CT molecular complexity index is 495. The fourth-order valence-corrected chi connectivity index (χ4v) is 3.00. The van der Waals surface area contributed by atoms with Crippen LogP contribution in [0.5, 0.6) is 0 Å². The predicted molar refractivity (Wildman–Crippen MR) is 63.9 cm³/mol. The third kappa shape index (κ3) is 2.53. The quantitative estimate of drug-likeness (QED) is 0.821. The number of nitrogens with one attached hydrogen (secondary N) is 1. The van der Waals surface area contributed by atoms with Crippen molar-refractivity contribution in [1.82, 2.24) is 10.3 Å². The average Bonchev–Trinajstić information content (AvgIpc) is 2.37. The molecule has 2 saturated heterocycles. The minimum absolute atomic E-state index is 0.0398. The van der Waals surface area contributed by atoms with Crippen molar-refractivity contribution in [2.24, 2.45) is 0 Å². The van der Waals surface area contributed by atoms with Crippen LogP contribution in [0.1, 0.15) is 24.0 Å². The zero-order valence-corrected chi connectivity index (χ0v) is 10.7. The van der Waals surface area contributed by atoms with E-state index in [9.17, 15) is 18.3 Å². The number of ether oxygens (including phenoxy) is 1. The SMILES string of the molecule is OC1(c2cncc(C(F)(F)F)c2)CC2COCC(C1)N2. The van der Waals surface area contributed by atoms with Gasteiger partial charge in [-0.2, -0.15) is 13.2 Å². The summed E-state index contributed by atoms with van der Waals surface area (Å²) in [7, 11) is 0. The lowest BCUT2D eigenvalue weighted by Gasteiger charge is -2.45. The first-order chi connectivity index (χ1) is 9.37. The summed E-state index contributed by atoms with van der Waals surface area (Å²) in [4.78, 5) is 3.63. The number of morpholine rings is 1. The molecule has 0 aromatic carbocycles. The highest BCUT2D eigenvalue weighted by Crippen LogP contribution is 2.38. The van der Waals surface area contributed by atoms with Crippen molar-refractivity contribution in [3.05, 3.63) is 29.6 Å². The molecule has 0 aliphatic carbocycles. The van der Waals surface area contributed by atoms with Gasteiger partial charge in [-0.05, 0) is 18.9 Å². The minimum atomic E-state index is -4.45. The molecule has 1 aromatic rings. The van der Waals surface area contributed by atoms with Gasteiger partial charge in [0.05, 0.1) is 24.4 Å². The lowest BCUT2D eigenvalue weighted by atomic mass is 9.78. The zero-order valence-electron chi connectivity index (χ0n) is 10.7. The third-order valence-corrected chi connectivity index (χ3v) is 3.88. The molecular formula is C13H15F3N2O2. The van der Waals surface area contributed by atoms with Crippen molar-refractivity contribution < 1.29 is 23.0 Å². The monoisotopic (exact) mass is 288 g/mol. The van der Waals surface area contributed by atoms with Gasteiger partial charge < -0.3 is 15.2 Å². The highest BCUT2D eigenvalue weighted by Gasteiger charge is 2.43. The van der Waals surface area contributed by atoms with E-state index in [1.54, 1.807) is 0 Å². The molecule has 0 amide bonds. The van der Waals surface area contributed by atoms with Gasteiger partial charge in [-0.1, -0.05) is 0 Å². The van der Waals surface area contributed by atoms with E-state index >= 15 is 0 Å². The molecule has 4 nitrogen and oxygen atoms in total. The number of hydrogen-bond acceptors (Lipinski definition) is 4. The first-order valence-electron chi connectivity index (χ1n) is 6.46. The van der Waals surface area contributed by atoms with Crippen molar-refractivity contribution in [2.75, 3.05) is 13.2 Å². The Morgan fingerprint density at radius 3 is 2.50 bits per heavy atom. The Hall–Kier alpha value is -1.18. The fraction of sp³-hybridized carbons (Fsp3) is 0.615. The van der Waals surface area contributed by atoms with Gasteiger partial charge in [0.15, 0.2) is 0 Å². The molecule has 20 heavy (non-hydrogen) atoms. The first kappa shape index (κ1) is 13.8. The number of alkyl halides is 3. The number of halogens is 3. The third-order valence-electron chi connectivity index (χ3n) is 3.88. The maximum Gasteiger partial charge on any atom is 0.417 e. The molecule has 110 valence electrons. The van der Waals surface area contributed by atoms with Crippen molar-refractivity contribution in [3.8, 4) is 0 Å². The second-order valence-electron chi connectivity index (χ2n) is 5.50. The smallest absolute Gasteiger partial charge is 0.385 e. The van der Waals surface area contributed by atoms with Crippen LogP contribution in [0, 0.1) is 0 Å². The summed E-state index contributed by atoms with van der Waals surface area (Å²) in [5.41, 5.74) is -1.88. The minimum Gasteiger partial charge on any atom is -0.385 e. The molecule has 2 bridgehead atoms. The lowest BCUT2D eigenvalue weighted by Crippen LogP contribution is -2.58. The van der Waals surface area contributed by atoms with E-state index in [4.69, 9.17) is 4.74 Å². The first-order valence-corrected chi connectivity index (χ1v) is 6.46. The molecule has 0 radical (unpaired) electrons. The fourth-order valence-electron chi connectivity index (χ4n) is 3.00. The molecule has 0 saturated carbocycles. The normalized spacial score (nSPS) is 34.0. The van der Waals surface area contributed by atoms with Crippen LogP contribution in [-0.4, -0.2) is 35.4 Å². The molecular weight excluding hydrogens is 273 g/mol. The van der Waals surface area contributed by atoms with Crippen LogP contribution in [0.3, 0.4) is 0 Å². The summed E-state index contributed by atoms with van der Waals surface area (Å²) >= 11 is 0. The molecule has 1 aromatic heterocycles. The Morgan fingerprint density at radius 2 is 1.90 bits per heavy atom. The van der Waals surface area contributed by atoms with Crippen LogP contribution in [0.25, 0.3) is 0 Å². The number of fused-ring (bicyclic) bond motifs is 2. The molecule has 3 heterocycles. The van der Waals surface area contributed by atoms with Crippen LogP contribution >= 0.6 is 0 Å². The van der Waals surface area contributed by atoms with E-state index in [2.05, 4.69) is 10.3 Å². The maximum absolute atomic E-state index is 12.7. The predicted octanol–water partition coefficient (Wildman–Crippen LogP) is 1.44. The molecule has 0 spiro atoms. The summed E-state index contributed by atoms with van der Waals surface area (Å²) in [6, 6.07) is 0.915. The summed E-state index contributed by atoms with van der Waals surface area (Å²) in [5.74, 6) is 0. The number of aromatic nitrogens is 1. The van der Waals surface area contributed by atoms with E-state index in [0.717, 1.165) is 12.3 Å². The Morgan fingerprint density at radius 1 is 1.25 bits per heavy atom. The van der Waals surface area contributed by atoms with E-state index < -0.39 is 17.3 Å². The standard InChI is InChI=1S/C13H15F3N2O2/c14-13(15,16)9-1-8(4-17-5-9)12(19)2-10-6-20-7-11(3-12)18-10/h1,4-5,10-11,18-19H,2-3,6-7H2. The van der Waals surface area contributed by atoms with Crippen LogP contribution in [0.15, 0.2) is 18.5 Å². The van der Waals surface area contributed by atoms with Gasteiger partial charge in [-0.25, -0.2) is 0 Å². The van der Waals surface area contributed by atoms with Crippen LogP contribution in [0.2, 0.25) is 0 Å². The van der Waals surface area contributed by atoms with Gasteiger partial charge in [-0.3, -0.25) is 4.98 Å². The van der Waals surface area contributed by atoms with E-state index in [0.29, 0.717) is 26.1 Å². The summed E-state index contributed by atoms with van der Waals surface area (Å²) in [6.45, 7) is 0.927. The van der Waals surface area contributed by atoms with E-state index in [-0.39, 0.29) is 17.6 Å². The van der Waals surface area contributed by atoms with Gasteiger partial charge >= 0.3 is 6.18 Å². The van der Waals surface area contributed by atoms with Crippen molar-refractivity contribution >= 4 is 0 Å². The van der Waals surface area contributed by atoms with Crippen LogP contribution in [0.4, 0.5) is 13.2 Å². The summed E-state index contributed by atoms with van der Waals surface area (Å²) < 4.78 is 43.6. The summed E-state index contributed by atoms with van der Waals surface area (Å²) in [6.07, 6.45) is -1.71. The van der Waals surface area contributed by atoms with E-state index in [1.165, 1.54) is 6.20 Å². The molecule has 2 aliphatic heterocycles. The van der Waals surface area contributed by atoms with Gasteiger partial charge in [0.2, 0.25) is 0 Å². The highest BCUT2D eigenvalue weighted by molar-refractivity contribution is 5.27. The Balaban J connectivity index is 1.91. The number of hydrogen-bond donors (Lipinski definition) is 2. The zero-order chi connectivity index (χ0) is 14.4. The number of aliphatic hydroxyl groups is 1. The average molecular weight is 288 g/mol. The maximum atomic E-state index is 12.7. The lowest BCUT2D eigenvalue weighted by molar-refractivity contribution is -0.138. The second-order valence-corrected chi connectivity index (χ2v) is 5.50. The molecule has 7 heteroatoms. The van der Waals surface area contributed by atoms with Crippen molar-refractivity contribution in [2.45, 2.75) is 36.7 Å². The highest BCUT2D eigenvalue weighted by atomic mass is 19.4. The topological polar surface area (TPSA) is 54.4 Å². The molecule has 2 aliphatic rings. The van der Waals surface area contributed by atoms with Crippen molar-refractivity contribution in [3.63, 3.8) is 0 Å². The Labute approximate surface area is 114 Å². The number of rotatable bonds is 1. The van der Waals surface area contributed by atoms with Gasteiger partial charge in [0.25, 0.3) is 0 Å². The van der Waals surface area contributed by atoms with Gasteiger partial charge in [0.1, 0.15) is 0 Å². The summed E-state index contributed by atoms with van der Waals surface area (Å²) in [5, 5.41) is 14.0. The molecule has 2 fully saturated rings. The number of nitrogens with zero attached hydrogens (tertiary/aromatic N) is 1. The molecule has 2 unspecified atom stereocenters. The molecule has 2 atom stereocenters. The van der Waals surface area contributed by atoms with Gasteiger partial charge in [-0.15, -0.1) is 0 Å². The van der Waals surface area contributed by atoms with Crippen LogP contribution in [-0.2, 0) is 16.5 Å². The second kappa shape index (κ2) is 4.68. The molecule has 3 rings (SSSR count). The van der Waals surface area contributed by atoms with Crippen molar-refractivity contribution in [1.29, 1.82) is 0 Å². The number of piperidine rings is 1. The molecule has 2 N–H and O–H groups in total. The number of pyridine rings is 1. The van der Waals surface area contributed by atoms with Gasteiger partial charge in [0, 0.05) is 30.0 Å². The van der Waals surface area contributed by atoms with E-state index in [1.807, 2.05) is 0 Å². The largest absolute Gasteiger partial charge is 0.417 e. The Kier molecular flexibility index (Phi) is 3.23. The van der Waals surface area contributed by atoms with Crippen LogP contribution < -0.4 is 5.32 Å².